The first-order valence-electron chi connectivity index (χ1n) is 14.2. The van der Waals surface area contributed by atoms with E-state index in [1.807, 2.05) is 48.5 Å². The minimum Gasteiger partial charge on any atom is -0.269 e. The van der Waals surface area contributed by atoms with Crippen LogP contribution < -0.4 is 9.80 Å². The van der Waals surface area contributed by atoms with Gasteiger partial charge in [0, 0.05) is 30.2 Å². The highest BCUT2D eigenvalue weighted by molar-refractivity contribution is 6.28. The molecule has 41 heavy (non-hydrogen) atoms. The van der Waals surface area contributed by atoms with Crippen molar-refractivity contribution in [2.75, 3.05) is 9.80 Å². The maximum atomic E-state index is 12.2. The second kappa shape index (κ2) is 10.8. The summed E-state index contributed by atoms with van der Waals surface area (Å²) >= 11 is 0. The first-order chi connectivity index (χ1) is 19.8. The van der Waals surface area contributed by atoms with Crippen molar-refractivity contribution < 1.29 is 19.2 Å². The van der Waals surface area contributed by atoms with E-state index in [-0.39, 0.29) is 29.5 Å². The molecule has 4 amide bonds. The molecular weight excluding hydrogens is 512 g/mol. The minimum absolute atomic E-state index is 0.135. The zero-order valence-corrected chi connectivity index (χ0v) is 23.3. The van der Waals surface area contributed by atoms with Gasteiger partial charge in [-0.1, -0.05) is 55.7 Å². The molecule has 6 rings (SSSR count). The van der Waals surface area contributed by atoms with Crippen LogP contribution in [0.15, 0.2) is 85.0 Å². The molecule has 0 spiro atoms. The summed E-state index contributed by atoms with van der Waals surface area (Å²) in [4.78, 5) is 51.3. The molecule has 3 aliphatic rings. The van der Waals surface area contributed by atoms with Crippen molar-refractivity contribution in [2.24, 2.45) is 0 Å². The minimum atomic E-state index is -0.347. The Bertz CT molecular complexity index is 1460. The lowest BCUT2D eigenvalue weighted by Gasteiger charge is -2.27. The number of carbonyl (C=O) groups excluding carboxylic acids is 4. The standard InChI is InChI=1S/C35H32N2O4/c1-22-20-27(24-6-4-3-5-7-24)21-23(2)34(22)35(25-8-12-28(13-9-25)36-30(38)16-17-31(36)39)26-10-14-29(15-11-26)37-32(40)18-19-33(37)41/h8-21,24,35H,3-7H2,1-2H3. The fourth-order valence-corrected chi connectivity index (χ4v) is 6.60. The number of hydrogen-bond donors (Lipinski definition) is 0. The number of carbonyl (C=O) groups is 4. The van der Waals surface area contributed by atoms with Gasteiger partial charge in [-0.3, -0.25) is 19.2 Å². The molecule has 3 aromatic rings. The Morgan fingerprint density at radius 3 is 1.37 bits per heavy atom. The van der Waals surface area contributed by atoms with Gasteiger partial charge in [0.1, 0.15) is 0 Å². The fraction of sp³-hybridized carbons (Fsp3) is 0.257. The van der Waals surface area contributed by atoms with Crippen LogP contribution in [0.5, 0.6) is 0 Å². The van der Waals surface area contributed by atoms with Crippen molar-refractivity contribution in [3.8, 4) is 0 Å². The summed E-state index contributed by atoms with van der Waals surface area (Å²) in [5.41, 5.74) is 8.13. The summed E-state index contributed by atoms with van der Waals surface area (Å²) in [5, 5.41) is 0. The van der Waals surface area contributed by atoms with E-state index < -0.39 is 0 Å². The van der Waals surface area contributed by atoms with Crippen LogP contribution in [0.25, 0.3) is 0 Å². The number of imide groups is 2. The highest BCUT2D eigenvalue weighted by Gasteiger charge is 2.28. The Kier molecular flexibility index (Phi) is 7.00. The van der Waals surface area contributed by atoms with E-state index in [0.29, 0.717) is 17.3 Å². The largest absolute Gasteiger partial charge is 0.269 e. The van der Waals surface area contributed by atoms with Gasteiger partial charge < -0.3 is 0 Å². The Morgan fingerprint density at radius 2 is 0.976 bits per heavy atom. The van der Waals surface area contributed by atoms with E-state index in [2.05, 4.69) is 26.0 Å². The lowest BCUT2D eigenvalue weighted by atomic mass is 9.77. The van der Waals surface area contributed by atoms with Gasteiger partial charge >= 0.3 is 0 Å². The van der Waals surface area contributed by atoms with Crippen molar-refractivity contribution in [1.29, 1.82) is 0 Å². The first kappa shape index (κ1) is 26.6. The van der Waals surface area contributed by atoms with Crippen molar-refractivity contribution in [3.63, 3.8) is 0 Å². The Labute approximate surface area is 240 Å². The zero-order valence-electron chi connectivity index (χ0n) is 23.3. The molecule has 0 atom stereocenters. The summed E-state index contributed by atoms with van der Waals surface area (Å²) in [5.74, 6) is -0.924. The van der Waals surface area contributed by atoms with Crippen LogP contribution in [0.2, 0.25) is 0 Å². The number of nitrogens with zero attached hydrogens (tertiary/aromatic N) is 2. The van der Waals surface area contributed by atoms with E-state index >= 15 is 0 Å². The third-order valence-corrected chi connectivity index (χ3v) is 8.57. The molecule has 0 saturated heterocycles. The molecule has 3 aromatic carbocycles. The molecule has 0 bridgehead atoms. The molecule has 6 heteroatoms. The van der Waals surface area contributed by atoms with Crippen LogP contribution in [-0.4, -0.2) is 23.6 Å². The van der Waals surface area contributed by atoms with Crippen molar-refractivity contribution in [1.82, 2.24) is 0 Å². The number of amides is 4. The van der Waals surface area contributed by atoms with Gasteiger partial charge in [-0.15, -0.1) is 0 Å². The summed E-state index contributed by atoms with van der Waals surface area (Å²) in [7, 11) is 0. The monoisotopic (exact) mass is 544 g/mol. The lowest BCUT2D eigenvalue weighted by Crippen LogP contribution is -2.29. The van der Waals surface area contributed by atoms with Crippen LogP contribution in [-0.2, 0) is 19.2 Å². The van der Waals surface area contributed by atoms with Gasteiger partial charge in [-0.25, -0.2) is 9.80 Å². The highest BCUT2D eigenvalue weighted by atomic mass is 16.2. The molecule has 1 aliphatic carbocycles. The van der Waals surface area contributed by atoms with Crippen LogP contribution in [0.3, 0.4) is 0 Å². The maximum absolute atomic E-state index is 12.2. The second-order valence-corrected chi connectivity index (χ2v) is 11.2. The van der Waals surface area contributed by atoms with Crippen LogP contribution in [0, 0.1) is 13.8 Å². The topological polar surface area (TPSA) is 74.8 Å². The molecular formula is C35H32N2O4. The predicted molar refractivity (Wildman–Crippen MR) is 159 cm³/mol. The normalized spacial score (nSPS) is 17.5. The molecule has 0 aromatic heterocycles. The fourth-order valence-electron chi connectivity index (χ4n) is 6.60. The van der Waals surface area contributed by atoms with Crippen LogP contribution in [0.4, 0.5) is 11.4 Å². The molecule has 6 nitrogen and oxygen atoms in total. The van der Waals surface area contributed by atoms with Gasteiger partial charge in [0.2, 0.25) is 0 Å². The summed E-state index contributed by atoms with van der Waals surface area (Å²) in [6.45, 7) is 4.34. The van der Waals surface area contributed by atoms with Gasteiger partial charge in [-0.05, 0) is 90.3 Å². The molecule has 2 aliphatic heterocycles. The third-order valence-electron chi connectivity index (χ3n) is 8.57. The molecule has 1 fully saturated rings. The lowest BCUT2D eigenvalue weighted by molar-refractivity contribution is -0.121. The molecule has 2 heterocycles. The van der Waals surface area contributed by atoms with Gasteiger partial charge in [-0.2, -0.15) is 0 Å². The van der Waals surface area contributed by atoms with E-state index in [0.717, 1.165) is 11.1 Å². The predicted octanol–water partition coefficient (Wildman–Crippen LogP) is 6.39. The van der Waals surface area contributed by atoms with E-state index in [4.69, 9.17) is 0 Å². The maximum Gasteiger partial charge on any atom is 0.258 e. The number of hydrogen-bond acceptors (Lipinski definition) is 4. The van der Waals surface area contributed by atoms with E-state index in [1.54, 1.807) is 0 Å². The van der Waals surface area contributed by atoms with Gasteiger partial charge in [0.15, 0.2) is 0 Å². The Hall–Kier alpha value is -4.58. The third kappa shape index (κ3) is 4.95. The van der Waals surface area contributed by atoms with Gasteiger partial charge in [0.25, 0.3) is 23.6 Å². The Balaban J connectivity index is 1.41. The number of benzene rings is 3. The zero-order chi connectivity index (χ0) is 28.7. The van der Waals surface area contributed by atoms with E-state index in [9.17, 15) is 19.2 Å². The summed E-state index contributed by atoms with van der Waals surface area (Å²) < 4.78 is 0. The van der Waals surface area contributed by atoms with Crippen molar-refractivity contribution in [2.45, 2.75) is 57.8 Å². The molecule has 206 valence electrons. The highest BCUT2D eigenvalue weighted by Crippen LogP contribution is 2.41. The van der Waals surface area contributed by atoms with Crippen LogP contribution in [0.1, 0.15) is 77.3 Å². The summed E-state index contributed by atoms with van der Waals surface area (Å²) in [6, 6.07) is 19.8. The molecule has 1 saturated carbocycles. The van der Waals surface area contributed by atoms with E-state index in [1.165, 1.54) is 88.5 Å². The van der Waals surface area contributed by atoms with Crippen molar-refractivity contribution >= 4 is 35.0 Å². The Morgan fingerprint density at radius 1 is 0.585 bits per heavy atom. The average Bonchev–Trinajstić information content (AvgIpc) is 3.50. The second-order valence-electron chi connectivity index (χ2n) is 11.2. The van der Waals surface area contributed by atoms with Crippen LogP contribution >= 0.6 is 0 Å². The molecule has 0 N–H and O–H groups in total. The number of anilines is 2. The molecule has 0 unspecified atom stereocenters. The first-order valence-corrected chi connectivity index (χ1v) is 14.2. The van der Waals surface area contributed by atoms with Crippen molar-refractivity contribution in [3.05, 3.63) is 118 Å². The summed E-state index contributed by atoms with van der Waals surface area (Å²) in [6.07, 6.45) is 11.5. The number of rotatable bonds is 6. The number of aryl methyl sites for hydroxylation is 2. The SMILES string of the molecule is Cc1cc(C2CCCCC2)cc(C)c1C(c1ccc(N2C(=O)C=CC2=O)cc1)c1ccc(N2C(=O)C=CC2=O)cc1. The average molecular weight is 545 g/mol. The smallest absolute Gasteiger partial charge is 0.258 e. The quantitative estimate of drug-likeness (QED) is 0.266. The van der Waals surface area contributed by atoms with Gasteiger partial charge in [0.05, 0.1) is 11.4 Å². The molecule has 0 radical (unpaired) electrons.